The quantitative estimate of drug-likeness (QED) is 0.798. The van der Waals surface area contributed by atoms with Crippen molar-refractivity contribution in [3.05, 3.63) is 29.8 Å². The lowest BCUT2D eigenvalue weighted by molar-refractivity contribution is 0.0693. The summed E-state index contributed by atoms with van der Waals surface area (Å²) in [5, 5.41) is 19.3. The molecule has 0 amide bonds. The van der Waals surface area contributed by atoms with Gasteiger partial charge in [0, 0.05) is 19.0 Å². The van der Waals surface area contributed by atoms with E-state index in [0.29, 0.717) is 13.2 Å². The molecule has 2 aliphatic rings. The van der Waals surface area contributed by atoms with Gasteiger partial charge in [-0.25, -0.2) is 0 Å². The second-order valence-electron chi connectivity index (χ2n) is 8.01. The lowest BCUT2D eigenvalue weighted by atomic mass is 9.98. The minimum atomic E-state index is -0.447. The van der Waals surface area contributed by atoms with Crippen molar-refractivity contribution in [3.8, 4) is 11.8 Å². The van der Waals surface area contributed by atoms with Crippen molar-refractivity contribution in [3.63, 3.8) is 0 Å². The van der Waals surface area contributed by atoms with E-state index in [1.165, 1.54) is 31.2 Å². The first kappa shape index (κ1) is 20.1. The van der Waals surface area contributed by atoms with Crippen LogP contribution in [0.3, 0.4) is 0 Å². The summed E-state index contributed by atoms with van der Waals surface area (Å²) in [5.74, 6) is 1.05. The number of hydrogen-bond donors (Lipinski definition) is 1. The number of rotatable bonds is 7. The fraction of sp³-hybridized carbons (Fsp3) is 0.682. The van der Waals surface area contributed by atoms with E-state index < -0.39 is 6.10 Å². The molecule has 2 saturated heterocycles. The van der Waals surface area contributed by atoms with Crippen molar-refractivity contribution in [1.82, 2.24) is 9.80 Å². The summed E-state index contributed by atoms with van der Waals surface area (Å²) in [6.07, 6.45) is 6.58. The SMILES string of the molecule is N#CC1CCN(Cc2cccc(OC[C@H](O)CN3CCCCCC3)c2)CC1. The van der Waals surface area contributed by atoms with E-state index in [1.807, 2.05) is 12.1 Å². The van der Waals surface area contributed by atoms with Crippen LogP contribution < -0.4 is 4.74 Å². The van der Waals surface area contributed by atoms with Crippen LogP contribution in [-0.4, -0.2) is 60.3 Å². The van der Waals surface area contributed by atoms with Crippen LogP contribution in [-0.2, 0) is 6.54 Å². The third-order valence-electron chi connectivity index (χ3n) is 5.68. The van der Waals surface area contributed by atoms with Gasteiger partial charge in [-0.05, 0) is 69.6 Å². The highest BCUT2D eigenvalue weighted by atomic mass is 16.5. The molecule has 5 heteroatoms. The summed E-state index contributed by atoms with van der Waals surface area (Å²) in [7, 11) is 0. The molecule has 2 heterocycles. The van der Waals surface area contributed by atoms with E-state index in [0.717, 1.165) is 51.3 Å². The second-order valence-corrected chi connectivity index (χ2v) is 8.01. The smallest absolute Gasteiger partial charge is 0.119 e. The molecule has 148 valence electrons. The number of nitriles is 1. The predicted octanol–water partition coefficient (Wildman–Crippen LogP) is 3.04. The number of piperidine rings is 1. The Morgan fingerprint density at radius 2 is 1.81 bits per heavy atom. The van der Waals surface area contributed by atoms with Crippen molar-refractivity contribution < 1.29 is 9.84 Å². The van der Waals surface area contributed by atoms with Crippen LogP contribution in [0.1, 0.15) is 44.1 Å². The number of likely N-dealkylation sites (tertiary alicyclic amines) is 2. The van der Waals surface area contributed by atoms with Crippen molar-refractivity contribution >= 4 is 0 Å². The third-order valence-corrected chi connectivity index (χ3v) is 5.68. The van der Waals surface area contributed by atoms with E-state index in [-0.39, 0.29) is 5.92 Å². The lowest BCUT2D eigenvalue weighted by Gasteiger charge is -2.29. The third kappa shape index (κ3) is 6.80. The Balaban J connectivity index is 1.42. The number of aliphatic hydroxyl groups is 1. The van der Waals surface area contributed by atoms with Crippen molar-refractivity contribution in [2.45, 2.75) is 51.2 Å². The second kappa shape index (κ2) is 10.7. The maximum Gasteiger partial charge on any atom is 0.119 e. The molecule has 1 aromatic carbocycles. The van der Waals surface area contributed by atoms with Gasteiger partial charge in [0.25, 0.3) is 0 Å². The number of hydrogen-bond acceptors (Lipinski definition) is 5. The highest BCUT2D eigenvalue weighted by Gasteiger charge is 2.19. The zero-order valence-corrected chi connectivity index (χ0v) is 16.4. The Hall–Kier alpha value is -1.61. The highest BCUT2D eigenvalue weighted by Crippen LogP contribution is 2.20. The maximum atomic E-state index is 10.3. The standard InChI is InChI=1S/C22H33N3O2/c23-15-19-8-12-25(13-9-19)16-20-6-5-7-22(14-20)27-18-21(26)17-24-10-3-1-2-4-11-24/h5-7,14,19,21,26H,1-4,8-13,16-18H2/t21-/m1/s1. The molecule has 1 atom stereocenters. The summed E-state index contributed by atoms with van der Waals surface area (Å²) < 4.78 is 5.87. The fourth-order valence-corrected chi connectivity index (χ4v) is 4.07. The van der Waals surface area contributed by atoms with E-state index in [1.54, 1.807) is 0 Å². The Morgan fingerprint density at radius 1 is 1.07 bits per heavy atom. The van der Waals surface area contributed by atoms with Crippen LogP contribution in [0.4, 0.5) is 0 Å². The van der Waals surface area contributed by atoms with Gasteiger partial charge in [0.2, 0.25) is 0 Å². The number of benzene rings is 1. The molecule has 0 bridgehead atoms. The van der Waals surface area contributed by atoms with E-state index in [4.69, 9.17) is 10.00 Å². The summed E-state index contributed by atoms with van der Waals surface area (Å²) >= 11 is 0. The van der Waals surface area contributed by atoms with Crippen molar-refractivity contribution in [2.24, 2.45) is 5.92 Å². The first-order valence-corrected chi connectivity index (χ1v) is 10.5. The van der Waals surface area contributed by atoms with Crippen LogP contribution in [0.25, 0.3) is 0 Å². The van der Waals surface area contributed by atoms with E-state index >= 15 is 0 Å². The molecule has 1 aromatic rings. The predicted molar refractivity (Wildman–Crippen MR) is 106 cm³/mol. The first-order chi connectivity index (χ1) is 13.2. The van der Waals surface area contributed by atoms with Gasteiger partial charge in [-0.3, -0.25) is 4.90 Å². The number of ether oxygens (including phenoxy) is 1. The minimum Gasteiger partial charge on any atom is -0.491 e. The maximum absolute atomic E-state index is 10.3. The zero-order chi connectivity index (χ0) is 18.9. The number of β-amino-alcohol motifs (C(OH)–C–C–N with tert-alkyl or cyclic N) is 1. The lowest BCUT2D eigenvalue weighted by Crippen LogP contribution is -2.36. The molecule has 0 aromatic heterocycles. The minimum absolute atomic E-state index is 0.224. The Kier molecular flexibility index (Phi) is 7.94. The largest absolute Gasteiger partial charge is 0.491 e. The van der Waals surface area contributed by atoms with Gasteiger partial charge < -0.3 is 14.7 Å². The highest BCUT2D eigenvalue weighted by molar-refractivity contribution is 5.28. The molecule has 27 heavy (non-hydrogen) atoms. The topological polar surface area (TPSA) is 59.7 Å². The molecule has 2 fully saturated rings. The van der Waals surface area contributed by atoms with Crippen LogP contribution in [0.2, 0.25) is 0 Å². The molecule has 0 aliphatic carbocycles. The molecule has 2 aliphatic heterocycles. The molecular formula is C22H33N3O2. The molecule has 0 saturated carbocycles. The monoisotopic (exact) mass is 371 g/mol. The van der Waals surface area contributed by atoms with Crippen LogP contribution >= 0.6 is 0 Å². The first-order valence-electron chi connectivity index (χ1n) is 10.5. The van der Waals surface area contributed by atoms with Crippen molar-refractivity contribution in [2.75, 3.05) is 39.3 Å². The molecular weight excluding hydrogens is 338 g/mol. The van der Waals surface area contributed by atoms with Gasteiger partial charge in [0.05, 0.1) is 6.07 Å². The Bertz CT molecular complexity index is 600. The van der Waals surface area contributed by atoms with Gasteiger partial charge in [-0.2, -0.15) is 5.26 Å². The molecule has 5 nitrogen and oxygen atoms in total. The molecule has 3 rings (SSSR count). The molecule has 0 radical (unpaired) electrons. The summed E-state index contributed by atoms with van der Waals surface area (Å²) in [4.78, 5) is 4.77. The summed E-state index contributed by atoms with van der Waals surface area (Å²) in [5.41, 5.74) is 1.23. The molecule has 0 unspecified atom stereocenters. The van der Waals surface area contributed by atoms with Crippen molar-refractivity contribution in [1.29, 1.82) is 5.26 Å². The van der Waals surface area contributed by atoms with Gasteiger partial charge in [-0.1, -0.05) is 25.0 Å². The Morgan fingerprint density at radius 3 is 2.52 bits per heavy atom. The van der Waals surface area contributed by atoms with Crippen LogP contribution in [0.5, 0.6) is 5.75 Å². The molecule has 1 N–H and O–H groups in total. The average molecular weight is 372 g/mol. The van der Waals surface area contributed by atoms with Gasteiger partial charge in [-0.15, -0.1) is 0 Å². The van der Waals surface area contributed by atoms with Gasteiger partial charge in [0.1, 0.15) is 18.5 Å². The molecule has 0 spiro atoms. The van der Waals surface area contributed by atoms with E-state index in [2.05, 4.69) is 28.0 Å². The number of aliphatic hydroxyl groups excluding tert-OH is 1. The summed E-state index contributed by atoms with van der Waals surface area (Å²) in [6.45, 7) is 6.09. The Labute approximate surface area is 163 Å². The van der Waals surface area contributed by atoms with E-state index in [9.17, 15) is 5.11 Å². The normalized spacial score (nSPS) is 21.3. The van der Waals surface area contributed by atoms with Crippen LogP contribution in [0, 0.1) is 17.2 Å². The fourth-order valence-electron chi connectivity index (χ4n) is 4.07. The average Bonchev–Trinajstić information content (AvgIpc) is 2.96. The number of nitrogens with zero attached hydrogens (tertiary/aromatic N) is 3. The summed E-state index contributed by atoms with van der Waals surface area (Å²) in [6, 6.07) is 10.6. The van der Waals surface area contributed by atoms with Gasteiger partial charge in [0.15, 0.2) is 0 Å². The van der Waals surface area contributed by atoms with Crippen LogP contribution in [0.15, 0.2) is 24.3 Å². The van der Waals surface area contributed by atoms with Gasteiger partial charge >= 0.3 is 0 Å². The zero-order valence-electron chi connectivity index (χ0n) is 16.4.